The lowest BCUT2D eigenvalue weighted by Crippen LogP contribution is -2.51. The van der Waals surface area contributed by atoms with Crippen LogP contribution in [0.1, 0.15) is 33.1 Å². The fourth-order valence-corrected chi connectivity index (χ4v) is 3.31. The van der Waals surface area contributed by atoms with Crippen molar-refractivity contribution in [1.82, 2.24) is 10.2 Å². The van der Waals surface area contributed by atoms with Gasteiger partial charge in [-0.2, -0.15) is 0 Å². The standard InChI is InChI=1S/C16H30N2O3.ClH/c1-13(2)11-21-14-4-9-18(10-14)15(19)16(12-20-3)5-7-17-8-6-16;/h13-14,17H,4-12H2,1-3H3;1H. The molecule has 6 heteroatoms. The molecule has 1 amide bonds. The van der Waals surface area contributed by atoms with E-state index in [2.05, 4.69) is 19.2 Å². The Kier molecular flexibility index (Phi) is 8.11. The molecule has 0 spiro atoms. The molecule has 2 saturated heterocycles. The molecular weight excluding hydrogens is 304 g/mol. The van der Waals surface area contributed by atoms with Gasteiger partial charge in [-0.15, -0.1) is 12.4 Å². The van der Waals surface area contributed by atoms with Crippen molar-refractivity contribution in [2.24, 2.45) is 11.3 Å². The fourth-order valence-electron chi connectivity index (χ4n) is 3.31. The van der Waals surface area contributed by atoms with E-state index >= 15 is 0 Å². The zero-order chi connectivity index (χ0) is 15.3. The predicted octanol–water partition coefficient (Wildman–Crippen LogP) is 1.70. The first kappa shape index (κ1) is 19.7. The molecule has 22 heavy (non-hydrogen) atoms. The molecular formula is C16H31ClN2O3. The van der Waals surface area contributed by atoms with E-state index in [-0.39, 0.29) is 29.8 Å². The zero-order valence-corrected chi connectivity index (χ0v) is 14.9. The van der Waals surface area contributed by atoms with Crippen LogP contribution < -0.4 is 5.32 Å². The lowest BCUT2D eigenvalue weighted by molar-refractivity contribution is -0.147. The number of likely N-dealkylation sites (tertiary alicyclic amines) is 1. The molecule has 2 aliphatic rings. The Morgan fingerprint density at radius 2 is 2.05 bits per heavy atom. The van der Waals surface area contributed by atoms with Gasteiger partial charge >= 0.3 is 0 Å². The van der Waals surface area contributed by atoms with Crippen molar-refractivity contribution in [3.05, 3.63) is 0 Å². The maximum atomic E-state index is 13.0. The topological polar surface area (TPSA) is 50.8 Å². The van der Waals surface area contributed by atoms with E-state index in [1.165, 1.54) is 0 Å². The van der Waals surface area contributed by atoms with Gasteiger partial charge in [-0.1, -0.05) is 13.8 Å². The molecule has 0 aromatic heterocycles. The Balaban J connectivity index is 0.00000242. The van der Waals surface area contributed by atoms with E-state index in [1.54, 1.807) is 7.11 Å². The maximum absolute atomic E-state index is 13.0. The minimum atomic E-state index is -0.326. The number of ether oxygens (including phenoxy) is 2. The number of nitrogens with zero attached hydrogens (tertiary/aromatic N) is 1. The zero-order valence-electron chi connectivity index (χ0n) is 14.1. The molecule has 1 atom stereocenters. The van der Waals surface area contributed by atoms with E-state index < -0.39 is 0 Å². The second-order valence-corrected chi connectivity index (χ2v) is 6.85. The molecule has 2 heterocycles. The highest BCUT2D eigenvalue weighted by molar-refractivity contribution is 5.85. The maximum Gasteiger partial charge on any atom is 0.231 e. The van der Waals surface area contributed by atoms with Crippen LogP contribution in [-0.4, -0.2) is 63.4 Å². The number of hydrogen-bond acceptors (Lipinski definition) is 4. The SMILES string of the molecule is COCC1(C(=O)N2CCC(OCC(C)C)C2)CCNCC1.Cl. The van der Waals surface area contributed by atoms with Crippen LogP contribution in [0, 0.1) is 11.3 Å². The van der Waals surface area contributed by atoms with Crippen LogP contribution in [0.5, 0.6) is 0 Å². The predicted molar refractivity (Wildman–Crippen MR) is 89.4 cm³/mol. The van der Waals surface area contributed by atoms with Crippen LogP contribution in [0.3, 0.4) is 0 Å². The summed E-state index contributed by atoms with van der Waals surface area (Å²) >= 11 is 0. The summed E-state index contributed by atoms with van der Waals surface area (Å²) in [5.74, 6) is 0.806. The van der Waals surface area contributed by atoms with Crippen molar-refractivity contribution in [2.75, 3.05) is 46.5 Å². The summed E-state index contributed by atoms with van der Waals surface area (Å²) < 4.78 is 11.3. The molecule has 0 aromatic rings. The van der Waals surface area contributed by atoms with Gasteiger partial charge in [0.2, 0.25) is 5.91 Å². The van der Waals surface area contributed by atoms with Gasteiger partial charge in [0.1, 0.15) is 0 Å². The van der Waals surface area contributed by atoms with E-state index in [4.69, 9.17) is 9.47 Å². The van der Waals surface area contributed by atoms with Gasteiger partial charge in [0.25, 0.3) is 0 Å². The Morgan fingerprint density at radius 3 is 2.64 bits per heavy atom. The number of nitrogens with one attached hydrogen (secondary N) is 1. The van der Waals surface area contributed by atoms with Crippen molar-refractivity contribution in [1.29, 1.82) is 0 Å². The number of amides is 1. The average molecular weight is 335 g/mol. The highest BCUT2D eigenvalue weighted by Crippen LogP contribution is 2.33. The van der Waals surface area contributed by atoms with Gasteiger partial charge in [0, 0.05) is 26.8 Å². The molecule has 0 radical (unpaired) electrons. The van der Waals surface area contributed by atoms with E-state index in [0.29, 0.717) is 12.5 Å². The third-order valence-electron chi connectivity index (χ3n) is 4.53. The third-order valence-corrected chi connectivity index (χ3v) is 4.53. The molecule has 2 rings (SSSR count). The quantitative estimate of drug-likeness (QED) is 0.803. The van der Waals surface area contributed by atoms with Gasteiger partial charge < -0.3 is 19.7 Å². The normalized spacial score (nSPS) is 24.4. The average Bonchev–Trinajstić information content (AvgIpc) is 2.94. The molecule has 2 fully saturated rings. The van der Waals surface area contributed by atoms with Crippen molar-refractivity contribution in [3.8, 4) is 0 Å². The summed E-state index contributed by atoms with van der Waals surface area (Å²) in [5.41, 5.74) is -0.326. The first-order valence-electron chi connectivity index (χ1n) is 8.18. The number of piperidine rings is 1. The van der Waals surface area contributed by atoms with Gasteiger partial charge in [-0.3, -0.25) is 4.79 Å². The minimum absolute atomic E-state index is 0. The monoisotopic (exact) mass is 334 g/mol. The fraction of sp³-hybridized carbons (Fsp3) is 0.938. The molecule has 0 bridgehead atoms. The summed E-state index contributed by atoms with van der Waals surface area (Å²) in [6.45, 7) is 8.97. The van der Waals surface area contributed by atoms with Gasteiger partial charge in [0.15, 0.2) is 0 Å². The van der Waals surface area contributed by atoms with E-state index in [9.17, 15) is 4.79 Å². The molecule has 0 aliphatic carbocycles. The molecule has 2 aliphatic heterocycles. The first-order chi connectivity index (χ1) is 10.1. The second kappa shape index (κ2) is 9.06. The van der Waals surface area contributed by atoms with Crippen LogP contribution >= 0.6 is 12.4 Å². The van der Waals surface area contributed by atoms with Crippen LogP contribution in [0.4, 0.5) is 0 Å². The summed E-state index contributed by atoms with van der Waals surface area (Å²) in [6, 6.07) is 0. The third kappa shape index (κ3) is 4.82. The van der Waals surface area contributed by atoms with Crippen molar-refractivity contribution < 1.29 is 14.3 Å². The van der Waals surface area contributed by atoms with Gasteiger partial charge in [-0.05, 0) is 38.3 Å². The molecule has 1 N–H and O–H groups in total. The Morgan fingerprint density at radius 1 is 1.36 bits per heavy atom. The van der Waals surface area contributed by atoms with Gasteiger partial charge in [-0.25, -0.2) is 0 Å². The Bertz CT molecular complexity index is 341. The minimum Gasteiger partial charge on any atom is -0.384 e. The molecule has 0 aromatic carbocycles. The number of carbonyl (C=O) groups is 1. The van der Waals surface area contributed by atoms with Crippen molar-refractivity contribution >= 4 is 18.3 Å². The van der Waals surface area contributed by atoms with Crippen LogP contribution in [0.15, 0.2) is 0 Å². The molecule has 1 unspecified atom stereocenters. The van der Waals surface area contributed by atoms with Crippen LogP contribution in [-0.2, 0) is 14.3 Å². The van der Waals surface area contributed by atoms with Crippen molar-refractivity contribution in [2.45, 2.75) is 39.2 Å². The smallest absolute Gasteiger partial charge is 0.231 e. The first-order valence-corrected chi connectivity index (χ1v) is 8.18. The lowest BCUT2D eigenvalue weighted by atomic mass is 9.78. The summed E-state index contributed by atoms with van der Waals surface area (Å²) in [6.07, 6.45) is 2.90. The lowest BCUT2D eigenvalue weighted by Gasteiger charge is -2.38. The summed E-state index contributed by atoms with van der Waals surface area (Å²) in [7, 11) is 1.69. The number of rotatable bonds is 6. The van der Waals surface area contributed by atoms with Crippen LogP contribution in [0.2, 0.25) is 0 Å². The molecule has 5 nitrogen and oxygen atoms in total. The highest BCUT2D eigenvalue weighted by Gasteiger charge is 2.43. The number of halogens is 1. The summed E-state index contributed by atoms with van der Waals surface area (Å²) in [4.78, 5) is 15.0. The number of carbonyl (C=O) groups excluding carboxylic acids is 1. The number of methoxy groups -OCH3 is 1. The van der Waals surface area contributed by atoms with Gasteiger partial charge in [0.05, 0.1) is 18.1 Å². The summed E-state index contributed by atoms with van der Waals surface area (Å²) in [5, 5.41) is 3.33. The molecule has 0 saturated carbocycles. The highest BCUT2D eigenvalue weighted by atomic mass is 35.5. The largest absolute Gasteiger partial charge is 0.384 e. The van der Waals surface area contributed by atoms with E-state index in [0.717, 1.165) is 52.0 Å². The van der Waals surface area contributed by atoms with E-state index in [1.807, 2.05) is 4.90 Å². The second-order valence-electron chi connectivity index (χ2n) is 6.85. The Labute approximate surface area is 140 Å². The van der Waals surface area contributed by atoms with Crippen LogP contribution in [0.25, 0.3) is 0 Å². The Hall–Kier alpha value is -0.360. The molecule has 130 valence electrons. The number of hydrogen-bond donors (Lipinski definition) is 1. The van der Waals surface area contributed by atoms with Crippen molar-refractivity contribution in [3.63, 3.8) is 0 Å².